The smallest absolute Gasteiger partial charge is 0.197 e. The third-order valence-corrected chi connectivity index (χ3v) is 7.46. The van der Waals surface area contributed by atoms with Crippen molar-refractivity contribution >= 4 is 11.0 Å². The van der Waals surface area contributed by atoms with E-state index < -0.39 is 0 Å². The average molecular weight is 491 g/mol. The number of aryl methyl sites for hydroxylation is 3. The molecule has 3 aromatic rings. The molecule has 1 saturated heterocycles. The van der Waals surface area contributed by atoms with Crippen LogP contribution < -0.4 is 11.2 Å². The van der Waals surface area contributed by atoms with Crippen LogP contribution in [0.3, 0.4) is 0 Å². The Hall–Kier alpha value is -2.51. The van der Waals surface area contributed by atoms with Gasteiger partial charge in [0.2, 0.25) is 0 Å². The average Bonchev–Trinajstić information content (AvgIpc) is 2.87. The molecule has 36 heavy (non-hydrogen) atoms. The Labute approximate surface area is 215 Å². The van der Waals surface area contributed by atoms with Gasteiger partial charge >= 0.3 is 0 Å². The number of nitrogens with two attached hydrogens (primary N) is 1. The van der Waals surface area contributed by atoms with Crippen LogP contribution in [0.15, 0.2) is 51.9 Å². The molecule has 194 valence electrons. The number of rotatable bonds is 11. The molecule has 4 rings (SSSR count). The lowest BCUT2D eigenvalue weighted by molar-refractivity contribution is 0.125. The zero-order valence-electron chi connectivity index (χ0n) is 22.3. The molecule has 0 amide bonds. The predicted octanol–water partition coefficient (Wildman–Crippen LogP) is 4.08. The first-order chi connectivity index (χ1) is 17.4. The Morgan fingerprint density at radius 3 is 2.22 bits per heavy atom. The first-order valence-corrected chi connectivity index (χ1v) is 13.4. The molecule has 2 N–H and O–H groups in total. The summed E-state index contributed by atoms with van der Waals surface area (Å²) < 4.78 is 5.83. The van der Waals surface area contributed by atoms with Crippen molar-refractivity contribution in [1.82, 2.24) is 14.7 Å². The predicted molar refractivity (Wildman–Crippen MR) is 148 cm³/mol. The highest BCUT2D eigenvalue weighted by Gasteiger charge is 2.18. The Bertz CT molecular complexity index is 1170. The fraction of sp³-hybridized carbons (Fsp3) is 0.500. The molecule has 0 aliphatic carbocycles. The van der Waals surface area contributed by atoms with E-state index in [1.807, 2.05) is 24.3 Å². The number of hydrogen-bond acceptors (Lipinski definition) is 6. The van der Waals surface area contributed by atoms with Gasteiger partial charge in [0.1, 0.15) is 5.58 Å². The van der Waals surface area contributed by atoms with Crippen molar-refractivity contribution < 1.29 is 4.42 Å². The van der Waals surface area contributed by atoms with E-state index in [0.29, 0.717) is 17.5 Å². The number of benzene rings is 2. The van der Waals surface area contributed by atoms with Crippen molar-refractivity contribution in [2.45, 2.75) is 46.7 Å². The maximum absolute atomic E-state index is 13.2. The topological polar surface area (TPSA) is 66.0 Å². The molecule has 6 heteroatoms. The molecule has 0 spiro atoms. The maximum Gasteiger partial charge on any atom is 0.197 e. The third kappa shape index (κ3) is 6.83. The van der Waals surface area contributed by atoms with Gasteiger partial charge in [-0.25, -0.2) is 0 Å². The minimum atomic E-state index is 0.0767. The van der Waals surface area contributed by atoms with Crippen LogP contribution in [0.5, 0.6) is 0 Å². The highest BCUT2D eigenvalue weighted by Crippen LogP contribution is 2.20. The molecule has 1 aliphatic heterocycles. The molecular weight excluding hydrogens is 448 g/mol. The van der Waals surface area contributed by atoms with E-state index in [0.717, 1.165) is 77.3 Å². The van der Waals surface area contributed by atoms with Gasteiger partial charge in [0, 0.05) is 51.4 Å². The number of hydrogen-bond donors (Lipinski definition) is 1. The van der Waals surface area contributed by atoms with Gasteiger partial charge in [-0.15, -0.1) is 0 Å². The normalized spacial score (nSPS) is 15.2. The number of nitrogens with zero attached hydrogens (tertiary/aromatic N) is 3. The molecule has 0 bridgehead atoms. The Balaban J connectivity index is 1.44. The summed E-state index contributed by atoms with van der Waals surface area (Å²) in [5, 5.41) is 0.658. The molecule has 0 radical (unpaired) electrons. The van der Waals surface area contributed by atoms with Gasteiger partial charge in [-0.1, -0.05) is 29.8 Å². The van der Waals surface area contributed by atoms with E-state index in [1.165, 1.54) is 22.3 Å². The second-order valence-electron chi connectivity index (χ2n) is 10.4. The molecule has 1 aromatic heterocycles. The van der Waals surface area contributed by atoms with Gasteiger partial charge in [-0.05, 0) is 82.1 Å². The summed E-state index contributed by atoms with van der Waals surface area (Å²) in [7, 11) is 0. The molecule has 0 unspecified atom stereocenters. The number of para-hydroxylation sites is 1. The summed E-state index contributed by atoms with van der Waals surface area (Å²) in [5.41, 5.74) is 12.4. The molecule has 2 aromatic carbocycles. The van der Waals surface area contributed by atoms with Crippen molar-refractivity contribution in [2.24, 2.45) is 5.73 Å². The second kappa shape index (κ2) is 12.6. The molecular formula is C30H42N4O2. The van der Waals surface area contributed by atoms with Crippen LogP contribution >= 0.6 is 0 Å². The van der Waals surface area contributed by atoms with E-state index in [1.54, 1.807) is 6.26 Å². The first kappa shape index (κ1) is 26.6. The highest BCUT2D eigenvalue weighted by atomic mass is 16.3. The van der Waals surface area contributed by atoms with Crippen LogP contribution in [0.25, 0.3) is 11.0 Å². The molecule has 0 saturated carbocycles. The monoisotopic (exact) mass is 490 g/mol. The van der Waals surface area contributed by atoms with Crippen LogP contribution in [0.4, 0.5) is 0 Å². The van der Waals surface area contributed by atoms with Gasteiger partial charge < -0.3 is 20.0 Å². The number of fused-ring (bicyclic) bond motifs is 1. The number of piperazine rings is 1. The Morgan fingerprint density at radius 1 is 0.917 bits per heavy atom. The summed E-state index contributed by atoms with van der Waals surface area (Å²) in [4.78, 5) is 20.7. The quantitative estimate of drug-likeness (QED) is 0.437. The van der Waals surface area contributed by atoms with E-state index in [2.05, 4.69) is 47.6 Å². The minimum Gasteiger partial charge on any atom is -0.464 e. The molecule has 2 heterocycles. The second-order valence-corrected chi connectivity index (χ2v) is 10.4. The lowest BCUT2D eigenvalue weighted by atomic mass is 9.99. The maximum atomic E-state index is 13.2. The minimum absolute atomic E-state index is 0.0767. The van der Waals surface area contributed by atoms with Crippen LogP contribution in [-0.4, -0.2) is 67.1 Å². The summed E-state index contributed by atoms with van der Waals surface area (Å²) in [5.74, 6) is 0. The third-order valence-electron chi connectivity index (χ3n) is 7.46. The van der Waals surface area contributed by atoms with Gasteiger partial charge in [-0.3, -0.25) is 9.69 Å². The molecule has 1 aliphatic rings. The summed E-state index contributed by atoms with van der Waals surface area (Å²) in [6.45, 7) is 16.4. The van der Waals surface area contributed by atoms with Crippen LogP contribution in [0.1, 0.15) is 40.7 Å². The van der Waals surface area contributed by atoms with Crippen molar-refractivity contribution in [3.05, 3.63) is 80.7 Å². The van der Waals surface area contributed by atoms with Gasteiger partial charge in [-0.2, -0.15) is 0 Å². The van der Waals surface area contributed by atoms with E-state index in [4.69, 9.17) is 10.2 Å². The summed E-state index contributed by atoms with van der Waals surface area (Å²) in [6, 6.07) is 12.0. The van der Waals surface area contributed by atoms with Gasteiger partial charge in [0.15, 0.2) is 5.43 Å². The zero-order chi connectivity index (χ0) is 25.5. The fourth-order valence-corrected chi connectivity index (χ4v) is 5.43. The Kier molecular flexibility index (Phi) is 9.32. The van der Waals surface area contributed by atoms with Crippen LogP contribution in [0.2, 0.25) is 0 Å². The largest absolute Gasteiger partial charge is 0.464 e. The standard InChI is InChI=1S/C30H42N4O2/c1-23-18-24(2)28(25(3)19-23)21-34(13-7-12-33-16-14-32(15-17-33)11-6-10-31)20-26-22-36-29-9-5-4-8-27(29)30(26)35/h4-5,8-9,18-19,22H,6-7,10-17,20-21,31H2,1-3H3. The SMILES string of the molecule is Cc1cc(C)c(CN(CCCN2CCN(CCCN)CC2)Cc2coc3ccccc3c2=O)c(C)c1. The van der Waals surface area contributed by atoms with Gasteiger partial charge in [0.05, 0.1) is 11.6 Å². The highest BCUT2D eigenvalue weighted by molar-refractivity contribution is 5.76. The lowest BCUT2D eigenvalue weighted by Gasteiger charge is -2.35. The van der Waals surface area contributed by atoms with Crippen molar-refractivity contribution in [3.8, 4) is 0 Å². The molecule has 1 fully saturated rings. The van der Waals surface area contributed by atoms with Crippen LogP contribution in [-0.2, 0) is 13.1 Å². The molecule has 6 nitrogen and oxygen atoms in total. The van der Waals surface area contributed by atoms with Crippen LogP contribution in [0, 0.1) is 20.8 Å². The zero-order valence-corrected chi connectivity index (χ0v) is 22.3. The summed E-state index contributed by atoms with van der Waals surface area (Å²) >= 11 is 0. The Morgan fingerprint density at radius 2 is 1.56 bits per heavy atom. The fourth-order valence-electron chi connectivity index (χ4n) is 5.43. The van der Waals surface area contributed by atoms with Crippen molar-refractivity contribution in [1.29, 1.82) is 0 Å². The molecule has 0 atom stereocenters. The lowest BCUT2D eigenvalue weighted by Crippen LogP contribution is -2.47. The summed E-state index contributed by atoms with van der Waals surface area (Å²) in [6.07, 6.45) is 3.81. The first-order valence-electron chi connectivity index (χ1n) is 13.4. The van der Waals surface area contributed by atoms with Gasteiger partial charge in [0.25, 0.3) is 0 Å². The van der Waals surface area contributed by atoms with E-state index in [-0.39, 0.29) is 5.43 Å². The van der Waals surface area contributed by atoms with E-state index >= 15 is 0 Å². The van der Waals surface area contributed by atoms with Crippen molar-refractivity contribution in [3.63, 3.8) is 0 Å². The van der Waals surface area contributed by atoms with Crippen molar-refractivity contribution in [2.75, 3.05) is 52.4 Å². The van der Waals surface area contributed by atoms with E-state index in [9.17, 15) is 4.79 Å².